The molecule has 0 aromatic carbocycles. The minimum absolute atomic E-state index is 0.173. The molecule has 0 aliphatic carbocycles. The van der Waals surface area contributed by atoms with Crippen LogP contribution in [0.25, 0.3) is 0 Å². The number of hydrogen-bond acceptors (Lipinski definition) is 2. The molecule has 0 bridgehead atoms. The van der Waals surface area contributed by atoms with Gasteiger partial charge < -0.3 is 10.8 Å². The summed E-state index contributed by atoms with van der Waals surface area (Å²) in [6.45, 7) is 3.45. The van der Waals surface area contributed by atoms with E-state index < -0.39 is 17.2 Å². The van der Waals surface area contributed by atoms with Gasteiger partial charge in [0.2, 0.25) is 0 Å². The van der Waals surface area contributed by atoms with Crippen LogP contribution in [0.2, 0.25) is 5.21 Å². The van der Waals surface area contributed by atoms with E-state index in [9.17, 15) is 4.79 Å². The van der Waals surface area contributed by atoms with E-state index in [-0.39, 0.29) is 5.92 Å². The Morgan fingerprint density at radius 3 is 2.00 bits per heavy atom. The zero-order valence-electron chi connectivity index (χ0n) is 6.74. The molecule has 1 unspecified atom stereocenters. The third-order valence-electron chi connectivity index (χ3n) is 1.80. The fourth-order valence-electron chi connectivity index (χ4n) is 0.573. The van der Waals surface area contributed by atoms with Gasteiger partial charge in [-0.05, 0) is 0 Å². The van der Waals surface area contributed by atoms with Crippen LogP contribution in [0.5, 0.6) is 0 Å². The van der Waals surface area contributed by atoms with Crippen molar-refractivity contribution in [2.75, 3.05) is 0 Å². The van der Waals surface area contributed by atoms with Crippen molar-refractivity contribution in [2.24, 2.45) is 11.7 Å². The van der Waals surface area contributed by atoms with E-state index >= 15 is 0 Å². The van der Waals surface area contributed by atoms with Crippen molar-refractivity contribution >= 4 is 21.7 Å². The van der Waals surface area contributed by atoms with E-state index in [1.807, 2.05) is 0 Å². The lowest BCUT2D eigenvalue weighted by Gasteiger charge is -2.33. The molecule has 0 saturated heterocycles. The summed E-state index contributed by atoms with van der Waals surface area (Å²) in [6, 6.07) is -1.22. The molecular formula is C6H11B2NO2. The number of nitrogens with two attached hydrogens (primary N) is 1. The van der Waals surface area contributed by atoms with Crippen molar-refractivity contribution in [2.45, 2.75) is 25.1 Å². The standard InChI is InChI=1S/C6H11B2NO2/c1-3(2)6(7,8)4(9)5(10)11/h3-4H,9H2,1-2H3,(H,10,11). The normalized spacial score (nSPS) is 14.9. The van der Waals surface area contributed by atoms with Crippen molar-refractivity contribution < 1.29 is 9.90 Å². The number of carboxylic acids is 1. The summed E-state index contributed by atoms with van der Waals surface area (Å²) in [4.78, 5) is 10.4. The predicted octanol–water partition coefficient (Wildman–Crippen LogP) is -0.493. The lowest BCUT2D eigenvalue weighted by molar-refractivity contribution is -0.139. The van der Waals surface area contributed by atoms with Gasteiger partial charge in [-0.15, -0.1) is 0 Å². The van der Waals surface area contributed by atoms with Gasteiger partial charge in [-0.25, -0.2) is 0 Å². The summed E-state index contributed by atoms with van der Waals surface area (Å²) in [6.07, 6.45) is 0. The molecule has 0 aliphatic rings. The lowest BCUT2D eigenvalue weighted by Crippen LogP contribution is -2.46. The van der Waals surface area contributed by atoms with Crippen molar-refractivity contribution in [3.05, 3.63) is 0 Å². The number of carbonyl (C=O) groups is 1. The molecule has 0 spiro atoms. The van der Waals surface area contributed by atoms with E-state index in [0.717, 1.165) is 0 Å². The van der Waals surface area contributed by atoms with Gasteiger partial charge >= 0.3 is 5.97 Å². The van der Waals surface area contributed by atoms with Crippen molar-refractivity contribution in [1.29, 1.82) is 0 Å². The molecule has 3 N–H and O–H groups in total. The van der Waals surface area contributed by atoms with Gasteiger partial charge in [0.15, 0.2) is 0 Å². The van der Waals surface area contributed by atoms with Crippen LogP contribution in [0.15, 0.2) is 0 Å². The molecule has 0 fully saturated rings. The molecule has 0 aromatic rings. The van der Waals surface area contributed by atoms with Crippen LogP contribution in [0.1, 0.15) is 13.8 Å². The van der Waals surface area contributed by atoms with E-state index in [4.69, 9.17) is 26.5 Å². The highest BCUT2D eigenvalue weighted by molar-refractivity contribution is 6.41. The van der Waals surface area contributed by atoms with E-state index in [2.05, 4.69) is 0 Å². The fraction of sp³-hybridized carbons (Fsp3) is 0.833. The van der Waals surface area contributed by atoms with Crippen LogP contribution in [0.4, 0.5) is 0 Å². The summed E-state index contributed by atoms with van der Waals surface area (Å²) < 4.78 is 0. The third kappa shape index (κ3) is 2.26. The monoisotopic (exact) mass is 151 g/mol. The first-order valence-corrected chi connectivity index (χ1v) is 3.36. The number of rotatable bonds is 3. The van der Waals surface area contributed by atoms with Crippen molar-refractivity contribution in [3.63, 3.8) is 0 Å². The largest absolute Gasteiger partial charge is 0.480 e. The molecule has 0 amide bonds. The van der Waals surface area contributed by atoms with Crippen LogP contribution in [-0.4, -0.2) is 32.8 Å². The van der Waals surface area contributed by atoms with E-state index in [0.29, 0.717) is 0 Å². The smallest absolute Gasteiger partial charge is 0.319 e. The maximum Gasteiger partial charge on any atom is 0.319 e. The Bertz CT molecular complexity index is 159. The summed E-state index contributed by atoms with van der Waals surface area (Å²) in [5.74, 6) is -1.35. The molecule has 11 heavy (non-hydrogen) atoms. The second-order valence-electron chi connectivity index (χ2n) is 2.97. The Kier molecular flexibility index (Phi) is 3.17. The maximum absolute atomic E-state index is 10.4. The minimum atomic E-state index is -1.34. The molecule has 1 atom stereocenters. The van der Waals surface area contributed by atoms with Crippen molar-refractivity contribution in [3.8, 4) is 0 Å². The molecular weight excluding hydrogens is 140 g/mol. The molecule has 0 heterocycles. The first-order valence-electron chi connectivity index (χ1n) is 3.36. The Hall–Kier alpha value is -0.440. The van der Waals surface area contributed by atoms with Gasteiger partial charge in [0.05, 0.1) is 21.7 Å². The Labute approximate surface area is 69.2 Å². The quantitative estimate of drug-likeness (QED) is 0.534. The Morgan fingerprint density at radius 2 is 1.91 bits per heavy atom. The van der Waals surface area contributed by atoms with Gasteiger partial charge in [0.25, 0.3) is 0 Å². The fourth-order valence-corrected chi connectivity index (χ4v) is 0.573. The van der Waals surface area contributed by atoms with Crippen LogP contribution < -0.4 is 5.73 Å². The molecule has 0 aliphatic heterocycles. The molecule has 0 aromatic heterocycles. The number of aliphatic carboxylic acids is 1. The number of hydrogen-bond donors (Lipinski definition) is 2. The van der Waals surface area contributed by atoms with Gasteiger partial charge in [-0.3, -0.25) is 4.79 Å². The molecule has 0 saturated carbocycles. The van der Waals surface area contributed by atoms with Gasteiger partial charge in [0.1, 0.15) is 0 Å². The summed E-state index contributed by atoms with van der Waals surface area (Å²) in [7, 11) is 11.0. The first kappa shape index (κ1) is 10.6. The summed E-state index contributed by atoms with van der Waals surface area (Å²) in [5.41, 5.74) is 5.25. The van der Waals surface area contributed by atoms with Crippen LogP contribution in [0.3, 0.4) is 0 Å². The van der Waals surface area contributed by atoms with E-state index in [1.54, 1.807) is 13.8 Å². The number of carboxylic acid groups (broad SMARTS) is 1. The second-order valence-corrected chi connectivity index (χ2v) is 2.97. The topological polar surface area (TPSA) is 63.3 Å². The van der Waals surface area contributed by atoms with Crippen LogP contribution in [-0.2, 0) is 4.79 Å². The zero-order chi connectivity index (χ0) is 9.23. The van der Waals surface area contributed by atoms with Crippen LogP contribution >= 0.6 is 0 Å². The van der Waals surface area contributed by atoms with Crippen molar-refractivity contribution in [1.82, 2.24) is 0 Å². The SMILES string of the molecule is [B]C([B])(C(C)C)C(N)C(=O)O. The lowest BCUT2D eigenvalue weighted by atomic mass is 9.45. The molecule has 5 heteroatoms. The molecule has 0 rings (SSSR count). The van der Waals surface area contributed by atoms with Crippen LogP contribution in [0, 0.1) is 5.92 Å². The molecule has 58 valence electrons. The van der Waals surface area contributed by atoms with Gasteiger partial charge in [-0.2, -0.15) is 0 Å². The maximum atomic E-state index is 10.4. The highest BCUT2D eigenvalue weighted by Gasteiger charge is 2.33. The molecule has 4 radical (unpaired) electrons. The second kappa shape index (κ2) is 3.30. The Balaban J connectivity index is 4.41. The summed E-state index contributed by atoms with van der Waals surface area (Å²) >= 11 is 0. The predicted molar refractivity (Wildman–Crippen MR) is 44.7 cm³/mol. The average Bonchev–Trinajstić information content (AvgIpc) is 1.85. The van der Waals surface area contributed by atoms with E-state index in [1.165, 1.54) is 0 Å². The Morgan fingerprint density at radius 1 is 1.55 bits per heavy atom. The highest BCUT2D eigenvalue weighted by atomic mass is 16.4. The highest BCUT2D eigenvalue weighted by Crippen LogP contribution is 2.30. The van der Waals surface area contributed by atoms with Gasteiger partial charge in [-0.1, -0.05) is 25.0 Å². The third-order valence-corrected chi connectivity index (χ3v) is 1.80. The molecule has 3 nitrogen and oxygen atoms in total. The zero-order valence-corrected chi connectivity index (χ0v) is 6.74. The van der Waals surface area contributed by atoms with Gasteiger partial charge in [0, 0.05) is 0 Å². The first-order chi connectivity index (χ1) is 4.80. The minimum Gasteiger partial charge on any atom is -0.480 e. The average molecular weight is 151 g/mol. The summed E-state index contributed by atoms with van der Waals surface area (Å²) in [5, 5.41) is 7.14.